The molecule has 2 amide bonds. The molecule has 0 saturated carbocycles. The Morgan fingerprint density at radius 2 is 1.76 bits per heavy atom. The van der Waals surface area contributed by atoms with Crippen molar-refractivity contribution in [3.63, 3.8) is 0 Å². The zero-order valence-corrected chi connectivity index (χ0v) is 32.4. The molecule has 2 saturated heterocycles. The quantitative estimate of drug-likeness (QED) is 0.146. The number of hydrogen-bond donors (Lipinski definition) is 2. The first-order valence-corrected chi connectivity index (χ1v) is 19.2. The molecule has 0 bridgehead atoms. The molecule has 4 heterocycles. The zero-order chi connectivity index (χ0) is 37.9. The third kappa shape index (κ3) is 7.53. The number of ether oxygens (including phenoxy) is 1. The first-order valence-electron chi connectivity index (χ1n) is 18.0. The summed E-state index contributed by atoms with van der Waals surface area (Å²) in [5, 5.41) is 5.59. The molecule has 7 rings (SSSR count). The molecule has 2 aliphatic rings. The number of pyridine rings is 1. The van der Waals surface area contributed by atoms with Crippen LogP contribution in [0.15, 0.2) is 97.8 Å². The van der Waals surface area contributed by atoms with E-state index in [1.165, 1.54) is 0 Å². The lowest BCUT2D eigenvalue weighted by Crippen LogP contribution is -2.50. The molecule has 0 spiro atoms. The van der Waals surface area contributed by atoms with Crippen molar-refractivity contribution in [2.75, 3.05) is 36.5 Å². The number of rotatable bonds is 10. The first-order chi connectivity index (χ1) is 26.1. The Hall–Kier alpha value is -4.96. The molecule has 9 nitrogen and oxygen atoms in total. The van der Waals surface area contributed by atoms with E-state index in [9.17, 15) is 9.59 Å². The number of hydrogen-bond acceptors (Lipinski definition) is 6. The van der Waals surface area contributed by atoms with Crippen LogP contribution in [0.1, 0.15) is 66.3 Å². The summed E-state index contributed by atoms with van der Waals surface area (Å²) in [6.45, 7) is 10.9. The molecular weight excluding hydrogens is 743 g/mol. The van der Waals surface area contributed by atoms with Crippen molar-refractivity contribution in [2.45, 2.75) is 45.2 Å². The maximum absolute atomic E-state index is 14.7. The van der Waals surface area contributed by atoms with Gasteiger partial charge >= 0.3 is 6.09 Å². The molecular formula is C42H41Cl3N6O3. The number of anilines is 2. The number of nitrogens with one attached hydrogen (secondary N) is 2. The minimum Gasteiger partial charge on any atom is -0.449 e. The van der Waals surface area contributed by atoms with Crippen LogP contribution in [0.3, 0.4) is 0 Å². The smallest absolute Gasteiger partial charge is 0.410 e. The van der Waals surface area contributed by atoms with Gasteiger partial charge in [-0.3, -0.25) is 4.79 Å². The summed E-state index contributed by atoms with van der Waals surface area (Å²) in [4.78, 5) is 41.4. The SMILES string of the molecule is C=CN(/C(=C(\C)c1ccccc1)c1c(C(=O)Nc2cccnc2N2CCC(N3CCCOC3=O)CC2)[nH]c2cc(Cl)ccc12)C(C)c1ccc(Cl)cc1Cl. The Kier molecular flexibility index (Phi) is 11.2. The number of carbonyl (C=O) groups excluding carboxylic acids is 2. The lowest BCUT2D eigenvalue weighted by Gasteiger charge is -2.40. The summed E-state index contributed by atoms with van der Waals surface area (Å²) in [5.74, 6) is 0.318. The van der Waals surface area contributed by atoms with Crippen molar-refractivity contribution in [2.24, 2.45) is 0 Å². The van der Waals surface area contributed by atoms with Crippen LogP contribution in [0.4, 0.5) is 16.3 Å². The molecule has 12 heteroatoms. The summed E-state index contributed by atoms with van der Waals surface area (Å²) in [5.41, 5.74) is 5.79. The largest absolute Gasteiger partial charge is 0.449 e. The summed E-state index contributed by atoms with van der Waals surface area (Å²) >= 11 is 19.6. The number of amides is 2. The molecule has 2 fully saturated rings. The second kappa shape index (κ2) is 16.2. The predicted octanol–water partition coefficient (Wildman–Crippen LogP) is 10.7. The summed E-state index contributed by atoms with van der Waals surface area (Å²) in [6.07, 6.45) is 5.63. The van der Waals surface area contributed by atoms with Gasteiger partial charge in [0.2, 0.25) is 0 Å². The number of cyclic esters (lactones) is 1. The number of halogens is 3. The maximum atomic E-state index is 14.7. The fraction of sp³-hybridized carbons (Fsp3) is 0.262. The number of allylic oxidation sites excluding steroid dienone is 1. The molecule has 1 atom stereocenters. The number of fused-ring (bicyclic) bond motifs is 1. The van der Waals surface area contributed by atoms with E-state index in [0.29, 0.717) is 69.6 Å². The highest BCUT2D eigenvalue weighted by Crippen LogP contribution is 2.42. The van der Waals surface area contributed by atoms with E-state index in [0.717, 1.165) is 47.0 Å². The van der Waals surface area contributed by atoms with Crippen LogP contribution in [-0.2, 0) is 4.74 Å². The highest BCUT2D eigenvalue weighted by Gasteiger charge is 2.33. The lowest BCUT2D eigenvalue weighted by molar-refractivity contribution is 0.0499. The van der Waals surface area contributed by atoms with E-state index in [-0.39, 0.29) is 24.1 Å². The third-order valence-electron chi connectivity index (χ3n) is 10.3. The average Bonchev–Trinajstić information content (AvgIpc) is 3.55. The van der Waals surface area contributed by atoms with E-state index in [1.54, 1.807) is 18.5 Å². The molecule has 0 aliphatic carbocycles. The minimum atomic E-state index is -0.350. The molecule has 2 N–H and O–H groups in total. The molecule has 3 aromatic carbocycles. The number of benzene rings is 3. The summed E-state index contributed by atoms with van der Waals surface area (Å²) in [6, 6.07) is 24.5. The molecule has 1 unspecified atom stereocenters. The lowest BCUT2D eigenvalue weighted by atomic mass is 9.95. The summed E-state index contributed by atoms with van der Waals surface area (Å²) < 4.78 is 5.30. The number of aromatic amines is 1. The first kappa shape index (κ1) is 37.4. The highest BCUT2D eigenvalue weighted by atomic mass is 35.5. The van der Waals surface area contributed by atoms with Crippen molar-refractivity contribution >= 4 is 80.5 Å². The van der Waals surface area contributed by atoms with Crippen LogP contribution in [0.25, 0.3) is 22.2 Å². The van der Waals surface area contributed by atoms with Crippen LogP contribution in [-0.4, -0.2) is 64.1 Å². The number of piperidine rings is 1. The average molecular weight is 784 g/mol. The van der Waals surface area contributed by atoms with E-state index in [1.807, 2.05) is 96.4 Å². The van der Waals surface area contributed by atoms with Crippen molar-refractivity contribution in [1.82, 2.24) is 19.8 Å². The molecule has 5 aromatic rings. The monoisotopic (exact) mass is 782 g/mol. The Bertz CT molecular complexity index is 2230. The van der Waals surface area contributed by atoms with Gasteiger partial charge in [0.05, 0.1) is 24.0 Å². The van der Waals surface area contributed by atoms with Gasteiger partial charge < -0.3 is 29.7 Å². The molecule has 278 valence electrons. The van der Waals surface area contributed by atoms with Crippen molar-refractivity contribution in [3.05, 3.63) is 135 Å². The normalized spacial score (nSPS) is 16.1. The Morgan fingerprint density at radius 1 is 1.02 bits per heavy atom. The predicted molar refractivity (Wildman–Crippen MR) is 219 cm³/mol. The van der Waals surface area contributed by atoms with Gasteiger partial charge in [0, 0.05) is 63.4 Å². The number of nitrogens with zero attached hydrogens (tertiary/aromatic N) is 4. The fourth-order valence-corrected chi connectivity index (χ4v) is 8.31. The highest BCUT2D eigenvalue weighted by molar-refractivity contribution is 6.35. The molecule has 2 aromatic heterocycles. The zero-order valence-electron chi connectivity index (χ0n) is 30.1. The van der Waals surface area contributed by atoms with Gasteiger partial charge in [-0.15, -0.1) is 0 Å². The molecule has 0 radical (unpaired) electrons. The van der Waals surface area contributed by atoms with E-state index in [2.05, 4.69) is 21.8 Å². The van der Waals surface area contributed by atoms with Crippen molar-refractivity contribution in [1.29, 1.82) is 0 Å². The van der Waals surface area contributed by atoms with Gasteiger partial charge in [0.15, 0.2) is 5.82 Å². The van der Waals surface area contributed by atoms with Gasteiger partial charge in [-0.1, -0.05) is 83.8 Å². The van der Waals surface area contributed by atoms with E-state index in [4.69, 9.17) is 44.5 Å². The summed E-state index contributed by atoms with van der Waals surface area (Å²) in [7, 11) is 0. The topological polar surface area (TPSA) is 93.8 Å². The minimum absolute atomic E-state index is 0.104. The van der Waals surface area contributed by atoms with Gasteiger partial charge in [-0.05, 0) is 92.4 Å². The van der Waals surface area contributed by atoms with E-state index >= 15 is 0 Å². The second-order valence-electron chi connectivity index (χ2n) is 13.5. The van der Waals surface area contributed by atoms with Gasteiger partial charge in [0.1, 0.15) is 5.69 Å². The Balaban J connectivity index is 1.29. The van der Waals surface area contributed by atoms with Gasteiger partial charge in [-0.25, -0.2) is 9.78 Å². The van der Waals surface area contributed by atoms with Crippen LogP contribution in [0, 0.1) is 0 Å². The Labute approximate surface area is 330 Å². The van der Waals surface area contributed by atoms with Crippen molar-refractivity contribution < 1.29 is 14.3 Å². The fourth-order valence-electron chi connectivity index (χ4n) is 7.58. The number of carbonyl (C=O) groups is 2. The van der Waals surface area contributed by atoms with Crippen molar-refractivity contribution in [3.8, 4) is 0 Å². The second-order valence-corrected chi connectivity index (χ2v) is 14.8. The molecule has 2 aliphatic heterocycles. The van der Waals surface area contributed by atoms with E-state index < -0.39 is 0 Å². The van der Waals surface area contributed by atoms with Gasteiger partial charge in [0.25, 0.3) is 5.91 Å². The molecule has 54 heavy (non-hydrogen) atoms. The third-order valence-corrected chi connectivity index (χ3v) is 11.1. The number of aromatic nitrogens is 2. The Morgan fingerprint density at radius 3 is 2.48 bits per heavy atom. The van der Waals surface area contributed by atoms with Crippen LogP contribution < -0.4 is 10.2 Å². The maximum Gasteiger partial charge on any atom is 0.410 e. The van der Waals surface area contributed by atoms with Gasteiger partial charge in [-0.2, -0.15) is 0 Å². The van der Waals surface area contributed by atoms with Crippen LogP contribution in [0.5, 0.6) is 0 Å². The standard InChI is InChI=1S/C42H41Cl3N6O3/c1-4-50(27(3)32-15-13-29(43)24-34(32)45)39(26(2)28-10-6-5-7-11-28)37-33-16-14-30(44)25-36(33)47-38(37)41(52)48-35-12-8-19-46-40(35)49-21-17-31(18-22-49)51-20-9-23-54-42(51)53/h4-8,10-16,19,24-25,27,31,47H,1,9,17-18,20-23H2,2-3H3,(H,48,52)/b39-26+. The van der Waals surface area contributed by atoms with Crippen LogP contribution in [0.2, 0.25) is 15.1 Å². The van der Waals surface area contributed by atoms with Crippen LogP contribution >= 0.6 is 34.8 Å². The number of H-pyrrole nitrogens is 1.